The monoisotopic (exact) mass is 278 g/mol. The number of furan rings is 1. The lowest BCUT2D eigenvalue weighted by atomic mass is 10.3. The minimum Gasteiger partial charge on any atom is -0.472 e. The number of hydrogen-bond acceptors (Lipinski definition) is 6. The van der Waals surface area contributed by atoms with E-state index in [-0.39, 0.29) is 11.7 Å². The van der Waals surface area contributed by atoms with Crippen molar-refractivity contribution in [3.63, 3.8) is 0 Å². The molecule has 1 aliphatic rings. The molecule has 4 N–H and O–H groups in total. The van der Waals surface area contributed by atoms with E-state index >= 15 is 0 Å². The molecule has 0 aliphatic heterocycles. The molecule has 1 amide bonds. The van der Waals surface area contributed by atoms with E-state index in [9.17, 15) is 4.79 Å². The van der Waals surface area contributed by atoms with Crippen LogP contribution in [-0.2, 0) is 6.54 Å². The van der Waals surface area contributed by atoms with Gasteiger partial charge in [0.05, 0.1) is 12.5 Å². The number of nitrogens with one attached hydrogen (secondary N) is 2. The third-order valence-electron chi connectivity index (χ3n) is 2.80. The fourth-order valence-electron chi connectivity index (χ4n) is 1.61. The molecule has 3 rings (SSSR count). The van der Waals surface area contributed by atoms with Gasteiger partial charge in [-0.1, -0.05) is 11.3 Å². The summed E-state index contributed by atoms with van der Waals surface area (Å²) in [6.07, 6.45) is 5.47. The van der Waals surface area contributed by atoms with Crippen molar-refractivity contribution in [1.29, 1.82) is 0 Å². The number of aromatic nitrogens is 1. The van der Waals surface area contributed by atoms with Crippen molar-refractivity contribution in [3.05, 3.63) is 29.0 Å². The predicted octanol–water partition coefficient (Wildman–Crippen LogP) is 1.82. The minimum absolute atomic E-state index is 0.208. The second-order valence-electron chi connectivity index (χ2n) is 4.47. The van der Waals surface area contributed by atoms with Gasteiger partial charge in [0.25, 0.3) is 5.91 Å². The quantitative estimate of drug-likeness (QED) is 0.775. The second-order valence-corrected chi connectivity index (χ2v) is 5.47. The number of nitrogen functional groups attached to an aromatic ring is 1. The molecule has 6 nitrogen and oxygen atoms in total. The van der Waals surface area contributed by atoms with Crippen LogP contribution in [0.1, 0.15) is 28.1 Å². The molecule has 7 heteroatoms. The van der Waals surface area contributed by atoms with Crippen molar-refractivity contribution in [2.75, 3.05) is 11.1 Å². The van der Waals surface area contributed by atoms with Crippen LogP contribution in [0.2, 0.25) is 0 Å². The molecule has 1 aliphatic carbocycles. The van der Waals surface area contributed by atoms with E-state index < -0.39 is 0 Å². The van der Waals surface area contributed by atoms with Crippen molar-refractivity contribution in [2.24, 2.45) is 0 Å². The highest BCUT2D eigenvalue weighted by atomic mass is 32.1. The molecule has 2 heterocycles. The third kappa shape index (κ3) is 2.87. The van der Waals surface area contributed by atoms with Crippen LogP contribution in [0.25, 0.3) is 0 Å². The Morgan fingerprint density at radius 2 is 2.42 bits per heavy atom. The van der Waals surface area contributed by atoms with Crippen molar-refractivity contribution < 1.29 is 9.21 Å². The summed E-state index contributed by atoms with van der Waals surface area (Å²) in [6.45, 7) is 0.415. The fourth-order valence-corrected chi connectivity index (χ4v) is 2.49. The molecule has 0 atom stereocenters. The molecule has 2 aromatic heterocycles. The number of thiazole rings is 1. The highest BCUT2D eigenvalue weighted by Crippen LogP contribution is 2.30. The Labute approximate surface area is 114 Å². The van der Waals surface area contributed by atoms with Crippen LogP contribution in [0, 0.1) is 0 Å². The number of nitrogens with zero attached hydrogens (tertiary/aromatic N) is 1. The number of hydrogen-bond donors (Lipinski definition) is 3. The maximum Gasteiger partial charge on any atom is 0.265 e. The van der Waals surface area contributed by atoms with Crippen LogP contribution in [0.4, 0.5) is 10.9 Å². The van der Waals surface area contributed by atoms with Gasteiger partial charge in [-0.3, -0.25) is 4.79 Å². The number of carbonyl (C=O) groups excluding carboxylic acids is 1. The summed E-state index contributed by atoms with van der Waals surface area (Å²) in [5.41, 5.74) is 6.68. The van der Waals surface area contributed by atoms with Gasteiger partial charge in [0, 0.05) is 18.2 Å². The Hall–Kier alpha value is -2.02. The molecule has 0 aromatic carbocycles. The minimum atomic E-state index is -0.208. The lowest BCUT2D eigenvalue weighted by Gasteiger charge is -2.01. The van der Waals surface area contributed by atoms with Crippen LogP contribution in [0.5, 0.6) is 0 Å². The molecular formula is C12H14N4O2S. The van der Waals surface area contributed by atoms with Crippen molar-refractivity contribution in [1.82, 2.24) is 10.3 Å². The Morgan fingerprint density at radius 1 is 1.58 bits per heavy atom. The summed E-state index contributed by atoms with van der Waals surface area (Å²) in [5.74, 6) is 0.0675. The van der Waals surface area contributed by atoms with Gasteiger partial charge >= 0.3 is 0 Å². The molecule has 100 valence electrons. The van der Waals surface area contributed by atoms with Crippen molar-refractivity contribution in [3.8, 4) is 0 Å². The number of nitrogens with two attached hydrogens (primary N) is 1. The van der Waals surface area contributed by atoms with E-state index in [1.807, 2.05) is 0 Å². The number of rotatable bonds is 5. The first kappa shape index (κ1) is 12.0. The average Bonchev–Trinajstić information content (AvgIpc) is 2.90. The number of carbonyl (C=O) groups is 1. The molecule has 0 bridgehead atoms. The second kappa shape index (κ2) is 4.93. The molecule has 0 saturated heterocycles. The lowest BCUT2D eigenvalue weighted by Crippen LogP contribution is -2.22. The van der Waals surface area contributed by atoms with Crippen molar-refractivity contribution >= 4 is 28.2 Å². The number of amides is 1. The van der Waals surface area contributed by atoms with Crippen LogP contribution in [0.3, 0.4) is 0 Å². The average molecular weight is 278 g/mol. The first-order chi connectivity index (χ1) is 9.22. The molecule has 2 aromatic rings. The molecule has 0 unspecified atom stereocenters. The third-order valence-corrected chi connectivity index (χ3v) is 3.80. The number of anilines is 2. The highest BCUT2D eigenvalue weighted by Gasteiger charge is 2.24. The summed E-state index contributed by atoms with van der Waals surface area (Å²) in [6, 6.07) is 2.29. The Balaban J connectivity index is 1.63. The first-order valence-corrected chi connectivity index (χ1v) is 6.86. The summed E-state index contributed by atoms with van der Waals surface area (Å²) >= 11 is 1.29. The van der Waals surface area contributed by atoms with E-state index in [1.165, 1.54) is 11.3 Å². The lowest BCUT2D eigenvalue weighted by molar-refractivity contribution is 0.0955. The molecule has 19 heavy (non-hydrogen) atoms. The van der Waals surface area contributed by atoms with Crippen LogP contribution < -0.4 is 16.4 Å². The van der Waals surface area contributed by atoms with Gasteiger partial charge in [-0.15, -0.1) is 0 Å². The summed E-state index contributed by atoms with van der Waals surface area (Å²) in [7, 11) is 0. The molecular weight excluding hydrogens is 264 g/mol. The largest absolute Gasteiger partial charge is 0.472 e. The van der Waals surface area contributed by atoms with Gasteiger partial charge in [-0.05, 0) is 18.9 Å². The zero-order valence-electron chi connectivity index (χ0n) is 10.2. The van der Waals surface area contributed by atoms with Gasteiger partial charge in [0.1, 0.15) is 10.7 Å². The molecule has 1 saturated carbocycles. The molecule has 0 radical (unpaired) electrons. The predicted molar refractivity (Wildman–Crippen MR) is 73.0 cm³/mol. The summed E-state index contributed by atoms with van der Waals surface area (Å²) in [5, 5.41) is 6.74. The van der Waals surface area contributed by atoms with Crippen LogP contribution in [0.15, 0.2) is 23.0 Å². The van der Waals surface area contributed by atoms with E-state index in [1.54, 1.807) is 18.6 Å². The Morgan fingerprint density at radius 3 is 3.11 bits per heavy atom. The van der Waals surface area contributed by atoms with Gasteiger partial charge in [-0.2, -0.15) is 0 Å². The van der Waals surface area contributed by atoms with E-state index in [0.717, 1.165) is 18.4 Å². The van der Waals surface area contributed by atoms with Gasteiger partial charge in [0.15, 0.2) is 5.13 Å². The fraction of sp³-hybridized carbons (Fsp3) is 0.333. The van der Waals surface area contributed by atoms with Crippen LogP contribution >= 0.6 is 11.3 Å². The standard InChI is InChI=1S/C12H14N4O2S/c13-10-9(19-12(16-10)15-8-1-2-8)11(17)14-5-7-3-4-18-6-7/h3-4,6,8H,1-2,5,13H2,(H,14,17)(H,15,16). The summed E-state index contributed by atoms with van der Waals surface area (Å²) in [4.78, 5) is 16.6. The highest BCUT2D eigenvalue weighted by molar-refractivity contribution is 7.18. The van der Waals surface area contributed by atoms with Crippen molar-refractivity contribution in [2.45, 2.75) is 25.4 Å². The first-order valence-electron chi connectivity index (χ1n) is 6.04. The Bertz CT molecular complexity index is 575. The van der Waals surface area contributed by atoms with Gasteiger partial charge < -0.3 is 20.8 Å². The molecule has 0 spiro atoms. The van der Waals surface area contributed by atoms with Gasteiger partial charge in [-0.25, -0.2) is 4.98 Å². The van der Waals surface area contributed by atoms with E-state index in [2.05, 4.69) is 15.6 Å². The van der Waals surface area contributed by atoms with Gasteiger partial charge in [0.2, 0.25) is 0 Å². The van der Waals surface area contributed by atoms with E-state index in [4.69, 9.17) is 10.2 Å². The molecule has 1 fully saturated rings. The zero-order valence-corrected chi connectivity index (χ0v) is 11.0. The van der Waals surface area contributed by atoms with Crippen LogP contribution in [-0.4, -0.2) is 16.9 Å². The van der Waals surface area contributed by atoms with E-state index in [0.29, 0.717) is 22.6 Å². The normalized spacial score (nSPS) is 14.3. The zero-order chi connectivity index (χ0) is 13.2. The maximum atomic E-state index is 12.0. The SMILES string of the molecule is Nc1nc(NC2CC2)sc1C(=O)NCc1ccoc1. The topological polar surface area (TPSA) is 93.2 Å². The maximum absolute atomic E-state index is 12.0. The Kier molecular flexibility index (Phi) is 3.12. The summed E-state index contributed by atoms with van der Waals surface area (Å²) < 4.78 is 4.94. The smallest absolute Gasteiger partial charge is 0.265 e.